The smallest absolute Gasteiger partial charge is 0.239 e. The Bertz CT molecular complexity index is 645. The molecule has 0 bridgehead atoms. The molecule has 0 saturated heterocycles. The van der Waals surface area contributed by atoms with Crippen LogP contribution in [0.2, 0.25) is 5.02 Å². The van der Waals surface area contributed by atoms with Crippen LogP contribution in [-0.2, 0) is 4.79 Å². The van der Waals surface area contributed by atoms with E-state index in [-0.39, 0.29) is 11.2 Å². The van der Waals surface area contributed by atoms with Crippen molar-refractivity contribution in [1.82, 2.24) is 10.2 Å². The number of hydrogen-bond acceptors (Lipinski definition) is 6. The number of aromatic nitrogens is 2. The van der Waals surface area contributed by atoms with Gasteiger partial charge in [-0.2, -0.15) is 0 Å². The summed E-state index contributed by atoms with van der Waals surface area (Å²) < 4.78 is 0.813. The Hall–Kier alpha value is -1.02. The maximum absolute atomic E-state index is 12.2. The van der Waals surface area contributed by atoms with Gasteiger partial charge in [0, 0.05) is 15.7 Å². The fraction of sp³-hybridized carbons (Fsp3) is 0.214. The van der Waals surface area contributed by atoms with Crippen molar-refractivity contribution in [2.45, 2.75) is 21.4 Å². The van der Waals surface area contributed by atoms with Crippen molar-refractivity contribution in [3.05, 3.63) is 41.9 Å². The Morgan fingerprint density at radius 3 is 2.86 bits per heavy atom. The molecule has 1 amide bonds. The van der Waals surface area contributed by atoms with Crippen molar-refractivity contribution in [1.29, 1.82) is 0 Å². The molecule has 1 aromatic carbocycles. The highest BCUT2D eigenvalue weighted by Crippen LogP contribution is 2.28. The third-order valence-corrected chi connectivity index (χ3v) is 5.79. The Morgan fingerprint density at radius 2 is 2.18 bits per heavy atom. The maximum Gasteiger partial charge on any atom is 0.239 e. The van der Waals surface area contributed by atoms with Gasteiger partial charge in [0.2, 0.25) is 11.0 Å². The zero-order valence-electron chi connectivity index (χ0n) is 11.8. The molecule has 0 aliphatic carbocycles. The molecule has 2 rings (SSSR count). The van der Waals surface area contributed by atoms with E-state index >= 15 is 0 Å². The highest BCUT2D eigenvalue weighted by Gasteiger charge is 2.16. The Balaban J connectivity index is 1.89. The van der Waals surface area contributed by atoms with Crippen molar-refractivity contribution in [2.24, 2.45) is 0 Å². The zero-order valence-corrected chi connectivity index (χ0v) is 15.0. The molecule has 1 aromatic heterocycles. The van der Waals surface area contributed by atoms with Crippen LogP contribution < -0.4 is 5.32 Å². The molecule has 116 valence electrons. The Morgan fingerprint density at radius 1 is 1.45 bits per heavy atom. The number of anilines is 1. The van der Waals surface area contributed by atoms with E-state index in [0.717, 1.165) is 15.0 Å². The summed E-state index contributed by atoms with van der Waals surface area (Å²) in [5.41, 5.74) is 0. The van der Waals surface area contributed by atoms with Gasteiger partial charge >= 0.3 is 0 Å². The average molecular weight is 372 g/mol. The number of halogens is 1. The summed E-state index contributed by atoms with van der Waals surface area (Å²) in [7, 11) is 0. The summed E-state index contributed by atoms with van der Waals surface area (Å²) in [6.45, 7) is 5.50. The predicted molar refractivity (Wildman–Crippen MR) is 96.2 cm³/mol. The normalized spacial score (nSPS) is 11.9. The van der Waals surface area contributed by atoms with Gasteiger partial charge in [-0.1, -0.05) is 40.8 Å². The number of benzene rings is 1. The number of nitrogens with zero attached hydrogens (tertiary/aromatic N) is 2. The van der Waals surface area contributed by atoms with Gasteiger partial charge in [-0.25, -0.2) is 0 Å². The van der Waals surface area contributed by atoms with E-state index in [4.69, 9.17) is 11.6 Å². The maximum atomic E-state index is 12.2. The molecule has 0 radical (unpaired) electrons. The van der Waals surface area contributed by atoms with E-state index in [1.54, 1.807) is 6.08 Å². The van der Waals surface area contributed by atoms with Gasteiger partial charge in [-0.05, 0) is 31.2 Å². The Kier molecular flexibility index (Phi) is 6.75. The molecule has 0 unspecified atom stereocenters. The standard InChI is InChI=1S/C14H14ClN3OS3/c1-3-8-20-14-18-17-13(22-14)16-12(19)9(2)21-11-6-4-10(15)5-7-11/h3-7,9H,1,8H2,2H3,(H,16,17,19)/t9-/m1/s1. The fourth-order valence-electron chi connectivity index (χ4n) is 1.43. The minimum Gasteiger partial charge on any atom is -0.300 e. The second-order valence-electron chi connectivity index (χ2n) is 4.18. The number of thioether (sulfide) groups is 2. The molecule has 8 heteroatoms. The molecule has 0 aliphatic heterocycles. The zero-order chi connectivity index (χ0) is 15.9. The Labute approximate surface area is 146 Å². The van der Waals surface area contributed by atoms with Crippen LogP contribution in [0.3, 0.4) is 0 Å². The fourth-order valence-corrected chi connectivity index (χ4v) is 3.94. The molecule has 1 N–H and O–H groups in total. The first-order valence-corrected chi connectivity index (χ1v) is 9.44. The van der Waals surface area contributed by atoms with E-state index in [2.05, 4.69) is 22.1 Å². The molecular weight excluding hydrogens is 358 g/mol. The minimum absolute atomic E-state index is 0.101. The number of carbonyl (C=O) groups excluding carboxylic acids is 1. The molecule has 2 aromatic rings. The van der Waals surface area contributed by atoms with E-state index in [1.807, 2.05) is 31.2 Å². The quantitative estimate of drug-likeness (QED) is 0.438. The number of carbonyl (C=O) groups is 1. The van der Waals surface area contributed by atoms with Gasteiger partial charge in [0.15, 0.2) is 4.34 Å². The van der Waals surface area contributed by atoms with Gasteiger partial charge in [-0.3, -0.25) is 10.1 Å². The molecule has 0 spiro atoms. The van der Waals surface area contributed by atoms with Crippen LogP contribution in [0.5, 0.6) is 0 Å². The van der Waals surface area contributed by atoms with Crippen molar-refractivity contribution in [2.75, 3.05) is 11.1 Å². The number of nitrogens with one attached hydrogen (secondary N) is 1. The van der Waals surface area contributed by atoms with Gasteiger partial charge in [-0.15, -0.1) is 28.5 Å². The summed E-state index contributed by atoms with van der Waals surface area (Å²) >= 11 is 10.2. The lowest BCUT2D eigenvalue weighted by Crippen LogP contribution is -2.22. The first kappa shape index (κ1) is 17.3. The first-order valence-electron chi connectivity index (χ1n) is 6.39. The molecule has 0 saturated carbocycles. The number of rotatable bonds is 7. The summed E-state index contributed by atoms with van der Waals surface area (Å²) in [4.78, 5) is 13.2. The largest absolute Gasteiger partial charge is 0.300 e. The lowest BCUT2D eigenvalue weighted by Gasteiger charge is -2.10. The second-order valence-corrected chi connectivity index (χ2v) is 8.27. The number of hydrogen-bond donors (Lipinski definition) is 1. The van der Waals surface area contributed by atoms with E-state index in [9.17, 15) is 4.79 Å². The molecule has 1 atom stereocenters. The average Bonchev–Trinajstić information content (AvgIpc) is 2.95. The molecule has 0 fully saturated rings. The second kappa shape index (κ2) is 8.57. The first-order chi connectivity index (χ1) is 10.6. The third-order valence-electron chi connectivity index (χ3n) is 2.46. The van der Waals surface area contributed by atoms with Crippen LogP contribution in [-0.4, -0.2) is 27.1 Å². The van der Waals surface area contributed by atoms with Gasteiger partial charge < -0.3 is 0 Å². The summed E-state index contributed by atoms with van der Waals surface area (Å²) in [5, 5.41) is 11.7. The van der Waals surface area contributed by atoms with Crippen molar-refractivity contribution in [3.8, 4) is 0 Å². The van der Waals surface area contributed by atoms with Crippen LogP contribution in [0.15, 0.2) is 46.2 Å². The van der Waals surface area contributed by atoms with Crippen molar-refractivity contribution in [3.63, 3.8) is 0 Å². The lowest BCUT2D eigenvalue weighted by atomic mass is 10.4. The molecular formula is C14H14ClN3OS3. The van der Waals surface area contributed by atoms with Crippen LogP contribution in [0, 0.1) is 0 Å². The van der Waals surface area contributed by atoms with Gasteiger partial charge in [0.05, 0.1) is 5.25 Å². The van der Waals surface area contributed by atoms with Crippen LogP contribution in [0.25, 0.3) is 0 Å². The van der Waals surface area contributed by atoms with E-state index < -0.39 is 0 Å². The van der Waals surface area contributed by atoms with Crippen molar-refractivity contribution >= 4 is 57.5 Å². The van der Waals surface area contributed by atoms with Crippen LogP contribution in [0.1, 0.15) is 6.92 Å². The summed E-state index contributed by atoms with van der Waals surface area (Å²) in [6, 6.07) is 7.41. The number of amides is 1. The van der Waals surface area contributed by atoms with Crippen LogP contribution in [0.4, 0.5) is 5.13 Å². The third kappa shape index (κ3) is 5.31. The molecule has 1 heterocycles. The van der Waals surface area contributed by atoms with E-state index in [1.165, 1.54) is 34.9 Å². The van der Waals surface area contributed by atoms with Crippen LogP contribution >= 0.6 is 46.5 Å². The topological polar surface area (TPSA) is 54.9 Å². The van der Waals surface area contributed by atoms with Gasteiger partial charge in [0.1, 0.15) is 0 Å². The van der Waals surface area contributed by atoms with E-state index in [0.29, 0.717) is 10.2 Å². The molecule has 22 heavy (non-hydrogen) atoms. The lowest BCUT2D eigenvalue weighted by molar-refractivity contribution is -0.115. The van der Waals surface area contributed by atoms with Gasteiger partial charge in [0.25, 0.3) is 0 Å². The molecule has 0 aliphatic rings. The SMILES string of the molecule is C=CCSc1nnc(NC(=O)[C@@H](C)Sc2ccc(Cl)cc2)s1. The summed E-state index contributed by atoms with van der Waals surface area (Å²) in [5.74, 6) is 0.669. The van der Waals surface area contributed by atoms with Crippen molar-refractivity contribution < 1.29 is 4.79 Å². The monoisotopic (exact) mass is 371 g/mol. The predicted octanol–water partition coefficient (Wildman–Crippen LogP) is 4.59. The highest BCUT2D eigenvalue weighted by molar-refractivity contribution is 8.01. The highest BCUT2D eigenvalue weighted by atomic mass is 35.5. The summed E-state index contributed by atoms with van der Waals surface area (Å²) in [6.07, 6.45) is 1.80. The minimum atomic E-state index is -0.241. The molecule has 4 nitrogen and oxygen atoms in total.